The molecule has 0 fully saturated rings. The minimum absolute atomic E-state index is 0.927. The van der Waals surface area contributed by atoms with Gasteiger partial charge in [-0.25, -0.2) is 0 Å². The molecule has 0 atom stereocenters. The molecule has 0 aliphatic heterocycles. The average molecular weight is 308 g/mol. The van der Waals surface area contributed by atoms with Gasteiger partial charge in [-0.05, 0) is 62.7 Å². The lowest BCUT2D eigenvalue weighted by molar-refractivity contribution is 0.415. The van der Waals surface area contributed by atoms with E-state index in [1.54, 1.807) is 7.11 Å². The second-order valence-corrected chi connectivity index (χ2v) is 4.77. The van der Waals surface area contributed by atoms with Crippen molar-refractivity contribution in [2.24, 2.45) is 0 Å². The van der Waals surface area contributed by atoms with E-state index in [9.17, 15) is 0 Å². The minimum Gasteiger partial charge on any atom is -0.497 e. The quantitative estimate of drug-likeness (QED) is 0.619. The lowest BCUT2D eigenvalue weighted by atomic mass is 10.0. The maximum atomic E-state index is 5.28. The summed E-state index contributed by atoms with van der Waals surface area (Å²) in [5.74, 6) is 0.927. The SMILES string of the molecule is COc1cc2c3c(c(I)ccc3c1)C=C2. The molecule has 0 spiro atoms. The van der Waals surface area contributed by atoms with Crippen LogP contribution in [0.3, 0.4) is 0 Å². The summed E-state index contributed by atoms with van der Waals surface area (Å²) in [6.07, 6.45) is 4.33. The summed E-state index contributed by atoms with van der Waals surface area (Å²) in [4.78, 5) is 0. The van der Waals surface area contributed by atoms with Crippen molar-refractivity contribution in [3.63, 3.8) is 0 Å². The Morgan fingerprint density at radius 1 is 1.13 bits per heavy atom. The first-order chi connectivity index (χ1) is 7.29. The highest BCUT2D eigenvalue weighted by molar-refractivity contribution is 14.1. The van der Waals surface area contributed by atoms with E-state index < -0.39 is 0 Å². The maximum absolute atomic E-state index is 5.28. The maximum Gasteiger partial charge on any atom is 0.120 e. The third-order valence-corrected chi connectivity index (χ3v) is 3.71. The Hall–Kier alpha value is -1.03. The standard InChI is InChI=1S/C13H9IO/c1-15-10-6-8-2-4-11-12(14)5-3-9(7-10)13(8)11/h2-7H,1H3. The van der Waals surface area contributed by atoms with Gasteiger partial charge in [0.25, 0.3) is 0 Å². The Balaban J connectivity index is 2.46. The zero-order valence-corrected chi connectivity index (χ0v) is 10.4. The van der Waals surface area contributed by atoms with Crippen molar-refractivity contribution in [3.05, 3.63) is 39.0 Å². The van der Waals surface area contributed by atoms with E-state index in [2.05, 4.69) is 59.0 Å². The van der Waals surface area contributed by atoms with E-state index in [-0.39, 0.29) is 0 Å². The summed E-state index contributed by atoms with van der Waals surface area (Å²) in [5.41, 5.74) is 2.60. The predicted molar refractivity (Wildman–Crippen MR) is 72.1 cm³/mol. The molecule has 0 unspecified atom stereocenters. The summed E-state index contributed by atoms with van der Waals surface area (Å²) in [6.45, 7) is 0. The Bertz CT molecular complexity index is 585. The number of halogens is 1. The molecule has 3 rings (SSSR count). The summed E-state index contributed by atoms with van der Waals surface area (Å²) in [7, 11) is 1.71. The van der Waals surface area contributed by atoms with Crippen LogP contribution in [-0.4, -0.2) is 7.11 Å². The first-order valence-electron chi connectivity index (χ1n) is 4.78. The van der Waals surface area contributed by atoms with Crippen LogP contribution in [0.2, 0.25) is 0 Å². The summed E-state index contributed by atoms with van der Waals surface area (Å²) < 4.78 is 6.59. The van der Waals surface area contributed by atoms with Gasteiger partial charge in [-0.3, -0.25) is 0 Å². The van der Waals surface area contributed by atoms with Crippen LogP contribution in [0.1, 0.15) is 11.1 Å². The van der Waals surface area contributed by atoms with Gasteiger partial charge in [0.05, 0.1) is 7.11 Å². The molecule has 0 N–H and O–H groups in total. The van der Waals surface area contributed by atoms with Gasteiger partial charge in [-0.1, -0.05) is 18.2 Å². The molecule has 0 bridgehead atoms. The third kappa shape index (κ3) is 1.28. The van der Waals surface area contributed by atoms with Crippen molar-refractivity contribution >= 4 is 45.5 Å². The van der Waals surface area contributed by atoms with E-state index in [1.807, 2.05) is 0 Å². The van der Waals surface area contributed by atoms with Crippen LogP contribution >= 0.6 is 22.6 Å². The van der Waals surface area contributed by atoms with Gasteiger partial charge in [0.15, 0.2) is 0 Å². The van der Waals surface area contributed by atoms with E-state index >= 15 is 0 Å². The molecule has 0 saturated heterocycles. The first kappa shape index (κ1) is 9.21. The molecular formula is C13H9IO. The molecule has 15 heavy (non-hydrogen) atoms. The van der Waals surface area contributed by atoms with Gasteiger partial charge in [-0.15, -0.1) is 0 Å². The number of methoxy groups -OCH3 is 1. The lowest BCUT2D eigenvalue weighted by Crippen LogP contribution is -1.86. The number of benzene rings is 2. The predicted octanol–water partition coefficient (Wildman–Crippen LogP) is 3.94. The van der Waals surface area contributed by atoms with Crippen molar-refractivity contribution in [3.8, 4) is 5.75 Å². The fourth-order valence-electron chi connectivity index (χ4n) is 2.06. The lowest BCUT2D eigenvalue weighted by Gasteiger charge is -2.06. The topological polar surface area (TPSA) is 9.23 Å². The fraction of sp³-hybridized carbons (Fsp3) is 0.0769. The molecule has 0 saturated carbocycles. The van der Waals surface area contributed by atoms with Gasteiger partial charge in [0.1, 0.15) is 5.75 Å². The Labute approximate surface area is 102 Å². The van der Waals surface area contributed by atoms with E-state index in [0.717, 1.165) is 5.75 Å². The highest BCUT2D eigenvalue weighted by atomic mass is 127. The Kier molecular flexibility index (Phi) is 1.99. The molecule has 2 aromatic rings. The van der Waals surface area contributed by atoms with Crippen LogP contribution in [0.5, 0.6) is 5.75 Å². The molecule has 74 valence electrons. The molecule has 0 amide bonds. The monoisotopic (exact) mass is 308 g/mol. The van der Waals surface area contributed by atoms with Crippen LogP contribution < -0.4 is 4.74 Å². The van der Waals surface area contributed by atoms with Gasteiger partial charge in [0.2, 0.25) is 0 Å². The summed E-state index contributed by atoms with van der Waals surface area (Å²) in [5, 5.41) is 2.60. The van der Waals surface area contributed by atoms with E-state index in [1.165, 1.54) is 25.5 Å². The summed E-state index contributed by atoms with van der Waals surface area (Å²) in [6, 6.07) is 8.48. The Morgan fingerprint density at radius 3 is 2.80 bits per heavy atom. The van der Waals surface area contributed by atoms with E-state index in [0.29, 0.717) is 0 Å². The van der Waals surface area contributed by atoms with Crippen molar-refractivity contribution in [1.82, 2.24) is 0 Å². The molecule has 0 aromatic heterocycles. The van der Waals surface area contributed by atoms with Gasteiger partial charge >= 0.3 is 0 Å². The molecule has 2 aromatic carbocycles. The van der Waals surface area contributed by atoms with Crippen LogP contribution in [0.25, 0.3) is 22.9 Å². The molecule has 0 heterocycles. The largest absolute Gasteiger partial charge is 0.497 e. The average Bonchev–Trinajstić information content (AvgIpc) is 2.68. The van der Waals surface area contributed by atoms with Crippen molar-refractivity contribution in [1.29, 1.82) is 0 Å². The van der Waals surface area contributed by atoms with E-state index in [4.69, 9.17) is 4.74 Å². The smallest absolute Gasteiger partial charge is 0.120 e. The van der Waals surface area contributed by atoms with Crippen molar-refractivity contribution in [2.45, 2.75) is 0 Å². The molecule has 1 aliphatic carbocycles. The molecule has 1 aliphatic rings. The number of hydrogen-bond donors (Lipinski definition) is 0. The number of hydrogen-bond acceptors (Lipinski definition) is 1. The fourth-order valence-corrected chi connectivity index (χ4v) is 2.69. The second kappa shape index (κ2) is 3.23. The number of rotatable bonds is 1. The van der Waals surface area contributed by atoms with Crippen molar-refractivity contribution < 1.29 is 4.74 Å². The third-order valence-electron chi connectivity index (χ3n) is 2.77. The van der Waals surface area contributed by atoms with Crippen molar-refractivity contribution in [2.75, 3.05) is 7.11 Å². The highest BCUT2D eigenvalue weighted by Crippen LogP contribution is 2.36. The molecular weight excluding hydrogens is 299 g/mol. The first-order valence-corrected chi connectivity index (χ1v) is 5.86. The van der Waals surface area contributed by atoms with Crippen LogP contribution in [0.15, 0.2) is 24.3 Å². The molecule has 2 heteroatoms. The van der Waals surface area contributed by atoms with Crippen LogP contribution in [0.4, 0.5) is 0 Å². The van der Waals surface area contributed by atoms with Gasteiger partial charge in [-0.2, -0.15) is 0 Å². The van der Waals surface area contributed by atoms with Crippen LogP contribution in [0, 0.1) is 3.57 Å². The zero-order valence-electron chi connectivity index (χ0n) is 8.25. The van der Waals surface area contributed by atoms with Gasteiger partial charge in [0, 0.05) is 3.57 Å². The molecule has 0 radical (unpaired) electrons. The Morgan fingerprint density at radius 2 is 2.00 bits per heavy atom. The molecule has 1 nitrogen and oxygen atoms in total. The normalized spacial score (nSPS) is 12.4. The van der Waals surface area contributed by atoms with Crippen LogP contribution in [-0.2, 0) is 0 Å². The summed E-state index contributed by atoms with van der Waals surface area (Å²) >= 11 is 2.38. The zero-order chi connectivity index (χ0) is 10.4. The number of ether oxygens (including phenoxy) is 1. The van der Waals surface area contributed by atoms with Gasteiger partial charge < -0.3 is 4.74 Å². The minimum atomic E-state index is 0.927. The highest BCUT2D eigenvalue weighted by Gasteiger charge is 2.12. The second-order valence-electron chi connectivity index (χ2n) is 3.61.